The molecule has 1 fully saturated rings. The number of carbonyl (C=O) groups excluding carboxylic acids is 1. The van der Waals surface area contributed by atoms with E-state index < -0.39 is 6.09 Å². The molecule has 6 nitrogen and oxygen atoms in total. The van der Waals surface area contributed by atoms with E-state index in [1.165, 1.54) is 12.1 Å². The first-order chi connectivity index (χ1) is 15.3. The summed E-state index contributed by atoms with van der Waals surface area (Å²) in [6.07, 6.45) is 0.380. The summed E-state index contributed by atoms with van der Waals surface area (Å²) in [7, 11) is 0. The molecule has 1 atom stereocenters. The highest BCUT2D eigenvalue weighted by molar-refractivity contribution is 5.67. The van der Waals surface area contributed by atoms with E-state index in [9.17, 15) is 9.18 Å². The number of ether oxygens (including phenoxy) is 3. The second kappa shape index (κ2) is 11.3. The Hall–Kier alpha value is -2.64. The monoisotopic (exact) mass is 444 g/mol. The maximum absolute atomic E-state index is 13.0. The number of nitrogens with one attached hydrogen (secondary N) is 1. The van der Waals surface area contributed by atoms with Gasteiger partial charge in [-0.05, 0) is 57.0 Å². The van der Waals surface area contributed by atoms with E-state index in [1.807, 2.05) is 51.1 Å². The highest BCUT2D eigenvalue weighted by Gasteiger charge is 2.29. The van der Waals surface area contributed by atoms with Crippen molar-refractivity contribution in [3.05, 3.63) is 66.0 Å². The van der Waals surface area contributed by atoms with E-state index >= 15 is 0 Å². The van der Waals surface area contributed by atoms with Crippen LogP contribution in [0.15, 0.2) is 54.6 Å². The third kappa shape index (κ3) is 8.48. The second-order valence-electron chi connectivity index (χ2n) is 9.07. The number of halogens is 1. The van der Waals surface area contributed by atoms with Gasteiger partial charge in [-0.2, -0.15) is 0 Å². The third-order valence-electron chi connectivity index (χ3n) is 5.09. The van der Waals surface area contributed by atoms with Crippen molar-refractivity contribution >= 4 is 6.09 Å². The predicted octanol–water partition coefficient (Wildman–Crippen LogP) is 4.39. The largest absolute Gasteiger partial charge is 0.488 e. The fourth-order valence-corrected chi connectivity index (χ4v) is 3.30. The Bertz CT molecular complexity index is 833. The number of hydrogen-bond acceptors (Lipinski definition) is 5. The molecule has 1 amide bonds. The van der Waals surface area contributed by atoms with Crippen LogP contribution < -0.4 is 10.1 Å². The Balaban J connectivity index is 1.41. The normalized spacial score (nSPS) is 15.6. The Morgan fingerprint density at radius 3 is 2.47 bits per heavy atom. The predicted molar refractivity (Wildman–Crippen MR) is 121 cm³/mol. The van der Waals surface area contributed by atoms with Gasteiger partial charge in [-0.1, -0.05) is 30.3 Å². The molecule has 0 aliphatic carbocycles. The minimum absolute atomic E-state index is 0.0912. The van der Waals surface area contributed by atoms with Crippen LogP contribution in [-0.2, 0) is 16.1 Å². The SMILES string of the molecule is CC(C)(C)OC[C@H](CCN1CC(Oc2ccc(F)cc2)C1)NC(=O)OCc1ccccc1. The van der Waals surface area contributed by atoms with E-state index in [-0.39, 0.29) is 30.2 Å². The zero-order valence-corrected chi connectivity index (χ0v) is 19.1. The molecule has 1 aliphatic heterocycles. The number of rotatable bonds is 10. The number of alkyl carbamates (subject to hydrolysis) is 1. The topological polar surface area (TPSA) is 60.0 Å². The van der Waals surface area contributed by atoms with Gasteiger partial charge >= 0.3 is 6.09 Å². The molecule has 32 heavy (non-hydrogen) atoms. The standard InChI is InChI=1S/C25H33FN2O4/c1-25(2,3)31-18-21(27-24(29)30-17-19-7-5-4-6-8-19)13-14-28-15-23(16-28)32-22-11-9-20(26)10-12-22/h4-12,21,23H,13-18H2,1-3H3,(H,27,29)/t21-/m0/s1. The zero-order chi connectivity index (χ0) is 23.0. The quantitative estimate of drug-likeness (QED) is 0.589. The van der Waals surface area contributed by atoms with Crippen LogP contribution >= 0.6 is 0 Å². The van der Waals surface area contributed by atoms with Crippen molar-refractivity contribution in [1.82, 2.24) is 10.2 Å². The molecule has 7 heteroatoms. The molecule has 174 valence electrons. The molecule has 2 aromatic carbocycles. The number of hydrogen-bond donors (Lipinski definition) is 1. The fourth-order valence-electron chi connectivity index (χ4n) is 3.30. The number of likely N-dealkylation sites (tertiary alicyclic amines) is 1. The molecule has 0 unspecified atom stereocenters. The lowest BCUT2D eigenvalue weighted by atomic mass is 10.1. The highest BCUT2D eigenvalue weighted by atomic mass is 19.1. The van der Waals surface area contributed by atoms with Crippen LogP contribution in [0.3, 0.4) is 0 Å². The van der Waals surface area contributed by atoms with Gasteiger partial charge in [0.2, 0.25) is 0 Å². The average molecular weight is 445 g/mol. The van der Waals surface area contributed by atoms with Gasteiger partial charge in [0, 0.05) is 19.6 Å². The molecule has 0 saturated carbocycles. The first kappa shape index (κ1) is 24.0. The summed E-state index contributed by atoms with van der Waals surface area (Å²) >= 11 is 0. The lowest BCUT2D eigenvalue weighted by Gasteiger charge is -2.39. The molecule has 3 rings (SSSR count). The van der Waals surface area contributed by atoms with Crippen molar-refractivity contribution in [2.45, 2.75) is 51.5 Å². The van der Waals surface area contributed by atoms with Crippen LogP contribution in [0.1, 0.15) is 32.8 Å². The zero-order valence-electron chi connectivity index (χ0n) is 19.1. The molecule has 1 N–H and O–H groups in total. The lowest BCUT2D eigenvalue weighted by Crippen LogP contribution is -2.55. The molecule has 1 aliphatic rings. The molecule has 2 aromatic rings. The first-order valence-electron chi connectivity index (χ1n) is 11.0. The van der Waals surface area contributed by atoms with Gasteiger partial charge in [0.15, 0.2) is 0 Å². The summed E-state index contributed by atoms with van der Waals surface area (Å²) in [6.45, 7) is 9.01. The number of amides is 1. The summed E-state index contributed by atoms with van der Waals surface area (Å²) < 4.78 is 30.1. The summed E-state index contributed by atoms with van der Waals surface area (Å²) in [5.41, 5.74) is 0.650. The van der Waals surface area contributed by atoms with E-state index in [0.717, 1.165) is 31.6 Å². The van der Waals surface area contributed by atoms with E-state index in [1.54, 1.807) is 12.1 Å². The molecule has 1 heterocycles. The maximum Gasteiger partial charge on any atom is 0.407 e. The summed E-state index contributed by atoms with van der Waals surface area (Å²) in [5.74, 6) is 0.404. The molecule has 0 aromatic heterocycles. The van der Waals surface area contributed by atoms with Crippen molar-refractivity contribution in [2.24, 2.45) is 0 Å². The van der Waals surface area contributed by atoms with Gasteiger partial charge in [0.25, 0.3) is 0 Å². The Kier molecular flexibility index (Phi) is 8.47. The van der Waals surface area contributed by atoms with Gasteiger partial charge in [-0.25, -0.2) is 9.18 Å². The maximum atomic E-state index is 13.0. The van der Waals surface area contributed by atoms with Crippen molar-refractivity contribution in [3.8, 4) is 5.75 Å². The summed E-state index contributed by atoms with van der Waals surface area (Å²) in [4.78, 5) is 14.6. The summed E-state index contributed by atoms with van der Waals surface area (Å²) in [5, 5.41) is 2.94. The number of benzene rings is 2. The lowest BCUT2D eigenvalue weighted by molar-refractivity contribution is -0.0213. The van der Waals surface area contributed by atoms with Crippen LogP contribution in [0.2, 0.25) is 0 Å². The Labute approximate surface area is 189 Å². The van der Waals surface area contributed by atoms with Crippen LogP contribution in [0.5, 0.6) is 5.75 Å². The Morgan fingerprint density at radius 2 is 1.81 bits per heavy atom. The van der Waals surface area contributed by atoms with Gasteiger partial charge in [-0.15, -0.1) is 0 Å². The second-order valence-corrected chi connectivity index (χ2v) is 9.07. The van der Waals surface area contributed by atoms with Gasteiger partial charge < -0.3 is 19.5 Å². The van der Waals surface area contributed by atoms with Gasteiger partial charge in [-0.3, -0.25) is 4.90 Å². The molecule has 1 saturated heterocycles. The van der Waals surface area contributed by atoms with Crippen LogP contribution in [0, 0.1) is 5.82 Å². The van der Waals surface area contributed by atoms with Crippen molar-refractivity contribution in [2.75, 3.05) is 26.2 Å². The molecule has 0 spiro atoms. The number of carbonyl (C=O) groups is 1. The smallest absolute Gasteiger partial charge is 0.407 e. The minimum Gasteiger partial charge on any atom is -0.488 e. The van der Waals surface area contributed by atoms with Crippen molar-refractivity contribution in [3.63, 3.8) is 0 Å². The Morgan fingerprint density at radius 1 is 1.12 bits per heavy atom. The minimum atomic E-state index is -0.447. The average Bonchev–Trinajstić information content (AvgIpc) is 2.73. The van der Waals surface area contributed by atoms with Crippen molar-refractivity contribution < 1.29 is 23.4 Å². The highest BCUT2D eigenvalue weighted by Crippen LogP contribution is 2.19. The van der Waals surface area contributed by atoms with E-state index in [2.05, 4.69) is 10.2 Å². The van der Waals surface area contributed by atoms with Crippen LogP contribution in [0.4, 0.5) is 9.18 Å². The van der Waals surface area contributed by atoms with Crippen LogP contribution in [0.25, 0.3) is 0 Å². The van der Waals surface area contributed by atoms with Crippen molar-refractivity contribution in [1.29, 1.82) is 0 Å². The van der Waals surface area contributed by atoms with E-state index in [0.29, 0.717) is 12.4 Å². The van der Waals surface area contributed by atoms with Gasteiger partial charge in [0.1, 0.15) is 24.3 Å². The van der Waals surface area contributed by atoms with Crippen LogP contribution in [-0.4, -0.2) is 55.0 Å². The van der Waals surface area contributed by atoms with E-state index in [4.69, 9.17) is 14.2 Å². The first-order valence-corrected chi connectivity index (χ1v) is 11.0. The molecular weight excluding hydrogens is 411 g/mol. The summed E-state index contributed by atoms with van der Waals surface area (Å²) in [6, 6.07) is 15.5. The number of nitrogens with zero attached hydrogens (tertiary/aromatic N) is 1. The molecule has 0 bridgehead atoms. The third-order valence-corrected chi connectivity index (χ3v) is 5.09. The fraction of sp³-hybridized carbons (Fsp3) is 0.480. The molecule has 0 radical (unpaired) electrons. The molecular formula is C25H33FN2O4. The van der Waals surface area contributed by atoms with Gasteiger partial charge in [0.05, 0.1) is 18.2 Å².